The highest BCUT2D eigenvalue weighted by atomic mass is 35.5. The molecular weight excluding hydrogens is 335 g/mol. The molecule has 2 fully saturated rings. The summed E-state index contributed by atoms with van der Waals surface area (Å²) in [5.74, 6) is 2.45. The fourth-order valence-corrected chi connectivity index (χ4v) is 3.53. The summed E-state index contributed by atoms with van der Waals surface area (Å²) >= 11 is 0. The molecule has 0 unspecified atom stereocenters. The highest BCUT2D eigenvalue weighted by Gasteiger charge is 2.33. The quantitative estimate of drug-likeness (QED) is 0.871. The van der Waals surface area contributed by atoms with Gasteiger partial charge in [0.2, 0.25) is 0 Å². The number of hydrogen-bond acceptors (Lipinski definition) is 4. The standard InChI is InChI=1S/C17H26N2O2.2ClH/c1-20-15-7-6-14(12-16(15)21-2)17(13-4-3-5-13)19-10-8-18-9-11-19;;/h6-7,12-13,17-18H,3-5,8-11H2,1-2H3;2*1H/t17-;;/m1../s1. The Balaban J connectivity index is 0.00000132. The Labute approximate surface area is 151 Å². The van der Waals surface area contributed by atoms with Gasteiger partial charge in [-0.15, -0.1) is 24.8 Å². The fraction of sp³-hybridized carbons (Fsp3) is 0.647. The fourth-order valence-electron chi connectivity index (χ4n) is 3.53. The SMILES string of the molecule is COc1ccc([C@@H](C2CCC2)N2CCNCC2)cc1OC.Cl.Cl. The van der Waals surface area contributed by atoms with Gasteiger partial charge in [0.25, 0.3) is 0 Å². The van der Waals surface area contributed by atoms with E-state index in [2.05, 4.69) is 22.3 Å². The average Bonchev–Trinajstić information content (AvgIpc) is 2.51. The molecule has 1 saturated heterocycles. The number of rotatable bonds is 5. The molecule has 1 aliphatic carbocycles. The van der Waals surface area contributed by atoms with Gasteiger partial charge in [0.05, 0.1) is 14.2 Å². The predicted octanol–water partition coefficient (Wildman–Crippen LogP) is 3.29. The molecule has 0 amide bonds. The van der Waals surface area contributed by atoms with Crippen molar-refractivity contribution in [2.24, 2.45) is 5.92 Å². The summed E-state index contributed by atoms with van der Waals surface area (Å²) in [5, 5.41) is 3.45. The normalized spacial score (nSPS) is 19.7. The van der Waals surface area contributed by atoms with Gasteiger partial charge in [-0.05, 0) is 36.5 Å². The van der Waals surface area contributed by atoms with Gasteiger partial charge >= 0.3 is 0 Å². The second-order valence-electron chi connectivity index (χ2n) is 6.04. The van der Waals surface area contributed by atoms with Crippen molar-refractivity contribution in [1.82, 2.24) is 10.2 Å². The third kappa shape index (κ3) is 4.44. The highest BCUT2D eigenvalue weighted by molar-refractivity contribution is 5.85. The molecule has 1 N–H and O–H groups in total. The minimum atomic E-state index is 0. The maximum Gasteiger partial charge on any atom is 0.161 e. The smallest absolute Gasteiger partial charge is 0.161 e. The molecule has 2 aliphatic rings. The zero-order valence-electron chi connectivity index (χ0n) is 13.9. The summed E-state index contributed by atoms with van der Waals surface area (Å²) in [6.07, 6.45) is 4.08. The van der Waals surface area contributed by atoms with E-state index in [1.165, 1.54) is 24.8 Å². The number of nitrogens with zero attached hydrogens (tertiary/aromatic N) is 1. The van der Waals surface area contributed by atoms with Gasteiger partial charge in [0.1, 0.15) is 0 Å². The van der Waals surface area contributed by atoms with Crippen LogP contribution in [0, 0.1) is 5.92 Å². The summed E-state index contributed by atoms with van der Waals surface area (Å²) in [6, 6.07) is 6.96. The van der Waals surface area contributed by atoms with E-state index in [1.807, 2.05) is 6.07 Å². The van der Waals surface area contributed by atoms with Crippen LogP contribution in [-0.4, -0.2) is 45.3 Å². The van der Waals surface area contributed by atoms with Crippen molar-refractivity contribution in [2.75, 3.05) is 40.4 Å². The van der Waals surface area contributed by atoms with Crippen molar-refractivity contribution < 1.29 is 9.47 Å². The molecule has 6 heteroatoms. The Morgan fingerprint density at radius 1 is 1.04 bits per heavy atom. The van der Waals surface area contributed by atoms with Crippen LogP contribution in [0.25, 0.3) is 0 Å². The van der Waals surface area contributed by atoms with Crippen molar-refractivity contribution in [3.8, 4) is 11.5 Å². The first-order chi connectivity index (χ1) is 10.3. The maximum atomic E-state index is 5.49. The molecule has 1 heterocycles. The van der Waals surface area contributed by atoms with Crippen molar-refractivity contribution in [3.63, 3.8) is 0 Å². The Hall–Kier alpha value is -0.680. The summed E-state index contributed by atoms with van der Waals surface area (Å²) in [5.41, 5.74) is 1.37. The summed E-state index contributed by atoms with van der Waals surface area (Å²) < 4.78 is 10.9. The monoisotopic (exact) mass is 362 g/mol. The predicted molar refractivity (Wildman–Crippen MR) is 98.6 cm³/mol. The van der Waals surface area contributed by atoms with Crippen LogP contribution in [0.2, 0.25) is 0 Å². The van der Waals surface area contributed by atoms with Gasteiger partial charge in [0.15, 0.2) is 11.5 Å². The first-order valence-corrected chi connectivity index (χ1v) is 8.00. The van der Waals surface area contributed by atoms with Crippen molar-refractivity contribution in [2.45, 2.75) is 25.3 Å². The van der Waals surface area contributed by atoms with Crippen LogP contribution in [0.5, 0.6) is 11.5 Å². The molecule has 132 valence electrons. The van der Waals surface area contributed by atoms with Gasteiger partial charge in [-0.3, -0.25) is 4.90 Å². The van der Waals surface area contributed by atoms with E-state index in [-0.39, 0.29) is 24.8 Å². The molecule has 0 aromatic heterocycles. The molecule has 1 aliphatic heterocycles. The molecule has 1 aromatic rings. The van der Waals surface area contributed by atoms with E-state index in [0.717, 1.165) is 43.6 Å². The molecule has 3 rings (SSSR count). The van der Waals surface area contributed by atoms with E-state index in [9.17, 15) is 0 Å². The molecular formula is C17H28Cl2N2O2. The van der Waals surface area contributed by atoms with Crippen LogP contribution < -0.4 is 14.8 Å². The summed E-state index contributed by atoms with van der Waals surface area (Å²) in [4.78, 5) is 2.64. The molecule has 1 aromatic carbocycles. The number of piperazine rings is 1. The maximum absolute atomic E-state index is 5.49. The Bertz CT molecular complexity index is 478. The van der Waals surface area contributed by atoms with Gasteiger partial charge in [-0.25, -0.2) is 0 Å². The number of hydrogen-bond donors (Lipinski definition) is 1. The molecule has 0 spiro atoms. The number of benzene rings is 1. The van der Waals surface area contributed by atoms with Crippen molar-refractivity contribution >= 4 is 24.8 Å². The van der Waals surface area contributed by atoms with Crippen molar-refractivity contribution in [3.05, 3.63) is 23.8 Å². The lowest BCUT2D eigenvalue weighted by molar-refractivity contribution is 0.0835. The lowest BCUT2D eigenvalue weighted by atomic mass is 9.76. The first-order valence-electron chi connectivity index (χ1n) is 8.00. The molecule has 0 bridgehead atoms. The van der Waals surface area contributed by atoms with E-state index < -0.39 is 0 Å². The second kappa shape index (κ2) is 9.58. The Morgan fingerprint density at radius 2 is 1.70 bits per heavy atom. The number of methoxy groups -OCH3 is 2. The zero-order valence-corrected chi connectivity index (χ0v) is 15.5. The number of nitrogens with one attached hydrogen (secondary N) is 1. The van der Waals surface area contributed by atoms with Crippen molar-refractivity contribution in [1.29, 1.82) is 0 Å². The average molecular weight is 363 g/mol. The largest absolute Gasteiger partial charge is 0.493 e. The van der Waals surface area contributed by atoms with Gasteiger partial charge < -0.3 is 14.8 Å². The van der Waals surface area contributed by atoms with Crippen LogP contribution >= 0.6 is 24.8 Å². The van der Waals surface area contributed by atoms with Crippen LogP contribution in [0.1, 0.15) is 30.9 Å². The number of ether oxygens (including phenoxy) is 2. The number of halogens is 2. The molecule has 1 atom stereocenters. The van der Waals surface area contributed by atoms with Gasteiger partial charge in [-0.1, -0.05) is 12.5 Å². The summed E-state index contributed by atoms with van der Waals surface area (Å²) in [7, 11) is 3.40. The molecule has 0 radical (unpaired) electrons. The third-order valence-electron chi connectivity index (χ3n) is 4.89. The van der Waals surface area contributed by atoms with Crippen LogP contribution in [0.4, 0.5) is 0 Å². The van der Waals surface area contributed by atoms with E-state index in [0.29, 0.717) is 6.04 Å². The van der Waals surface area contributed by atoms with E-state index in [1.54, 1.807) is 14.2 Å². The Morgan fingerprint density at radius 3 is 2.22 bits per heavy atom. The summed E-state index contributed by atoms with van der Waals surface area (Å²) in [6.45, 7) is 4.46. The molecule has 23 heavy (non-hydrogen) atoms. The van der Waals surface area contributed by atoms with Crippen LogP contribution in [0.15, 0.2) is 18.2 Å². The lowest BCUT2D eigenvalue weighted by Crippen LogP contribution is -2.47. The van der Waals surface area contributed by atoms with E-state index in [4.69, 9.17) is 9.47 Å². The topological polar surface area (TPSA) is 33.7 Å². The first kappa shape index (κ1) is 20.4. The Kier molecular flexibility index (Phi) is 8.48. The van der Waals surface area contributed by atoms with E-state index >= 15 is 0 Å². The minimum Gasteiger partial charge on any atom is -0.493 e. The molecule has 4 nitrogen and oxygen atoms in total. The van der Waals surface area contributed by atoms with Gasteiger partial charge in [0, 0.05) is 32.2 Å². The van der Waals surface area contributed by atoms with Crippen LogP contribution in [-0.2, 0) is 0 Å². The minimum absolute atomic E-state index is 0. The van der Waals surface area contributed by atoms with Crippen LogP contribution in [0.3, 0.4) is 0 Å². The van der Waals surface area contributed by atoms with Gasteiger partial charge in [-0.2, -0.15) is 0 Å². The lowest BCUT2D eigenvalue weighted by Gasteiger charge is -2.43. The highest BCUT2D eigenvalue weighted by Crippen LogP contribution is 2.43. The molecule has 1 saturated carbocycles. The third-order valence-corrected chi connectivity index (χ3v) is 4.89. The second-order valence-corrected chi connectivity index (χ2v) is 6.04. The zero-order chi connectivity index (χ0) is 14.7.